The van der Waals surface area contributed by atoms with Crippen LogP contribution in [0.2, 0.25) is 0 Å². The SMILES string of the molecule is O=C(CN1c2nc(N3C[C@H]4C[C@H]3CO4)cc(=O)n2CC[C@H]1C(F)(F)F)c1ccc(C(F)(F)F)nc1. The van der Waals surface area contributed by atoms with Crippen LogP contribution in [0.4, 0.5) is 38.1 Å². The molecular weight excluding hydrogens is 484 g/mol. The lowest BCUT2D eigenvalue weighted by Crippen LogP contribution is -2.54. The van der Waals surface area contributed by atoms with Gasteiger partial charge in [0.15, 0.2) is 5.78 Å². The summed E-state index contributed by atoms with van der Waals surface area (Å²) in [6.07, 6.45) is -8.61. The predicted octanol–water partition coefficient (Wildman–Crippen LogP) is 2.66. The van der Waals surface area contributed by atoms with Crippen LogP contribution in [0.5, 0.6) is 0 Å². The molecule has 0 N–H and O–H groups in total. The number of carbonyl (C=O) groups is 1. The van der Waals surface area contributed by atoms with Crippen LogP contribution in [0, 0.1) is 0 Å². The highest BCUT2D eigenvalue weighted by atomic mass is 19.4. The van der Waals surface area contributed by atoms with Gasteiger partial charge in [0.2, 0.25) is 5.95 Å². The number of Topliss-reactive ketones (excluding diaryl/α,β-unsaturated/α-hetero) is 1. The Hall–Kier alpha value is -3.16. The molecule has 3 atom stereocenters. The van der Waals surface area contributed by atoms with E-state index in [-0.39, 0.29) is 36.0 Å². The van der Waals surface area contributed by atoms with Crippen LogP contribution in [0.1, 0.15) is 28.9 Å². The first-order valence-electron chi connectivity index (χ1n) is 10.8. The molecule has 188 valence electrons. The quantitative estimate of drug-likeness (QED) is 0.469. The number of hydrogen-bond donors (Lipinski definition) is 0. The average molecular weight is 503 g/mol. The summed E-state index contributed by atoms with van der Waals surface area (Å²) in [5.41, 5.74) is -2.07. The summed E-state index contributed by atoms with van der Waals surface area (Å²) in [6.45, 7) is -0.228. The van der Waals surface area contributed by atoms with Crippen molar-refractivity contribution in [2.75, 3.05) is 29.5 Å². The number of pyridine rings is 1. The van der Waals surface area contributed by atoms with Gasteiger partial charge in [-0.05, 0) is 25.0 Å². The Morgan fingerprint density at radius 1 is 1.17 bits per heavy atom. The Balaban J connectivity index is 1.49. The maximum absolute atomic E-state index is 13.9. The van der Waals surface area contributed by atoms with E-state index in [9.17, 15) is 35.9 Å². The van der Waals surface area contributed by atoms with E-state index in [2.05, 4.69) is 9.97 Å². The van der Waals surface area contributed by atoms with Crippen LogP contribution < -0.4 is 15.4 Å². The summed E-state index contributed by atoms with van der Waals surface area (Å²) < 4.78 is 86.7. The fourth-order valence-corrected chi connectivity index (χ4v) is 4.78. The highest BCUT2D eigenvalue weighted by Gasteiger charge is 2.48. The zero-order valence-electron chi connectivity index (χ0n) is 18.0. The molecule has 2 aromatic rings. The van der Waals surface area contributed by atoms with Crippen LogP contribution in [0.25, 0.3) is 0 Å². The molecule has 0 amide bonds. The van der Waals surface area contributed by atoms with Crippen LogP contribution in [0.15, 0.2) is 29.2 Å². The minimum atomic E-state index is -4.74. The first-order valence-corrected chi connectivity index (χ1v) is 10.8. The second-order valence-corrected chi connectivity index (χ2v) is 8.73. The molecule has 35 heavy (non-hydrogen) atoms. The summed E-state index contributed by atoms with van der Waals surface area (Å²) in [7, 11) is 0. The predicted molar refractivity (Wildman–Crippen MR) is 109 cm³/mol. The number of halogens is 6. The second-order valence-electron chi connectivity index (χ2n) is 8.73. The summed E-state index contributed by atoms with van der Waals surface area (Å²) in [4.78, 5) is 35.7. The van der Waals surface area contributed by atoms with Gasteiger partial charge in [-0.2, -0.15) is 31.3 Å². The normalized spacial score (nSPS) is 24.1. The van der Waals surface area contributed by atoms with Crippen molar-refractivity contribution in [1.29, 1.82) is 0 Å². The van der Waals surface area contributed by atoms with Crippen molar-refractivity contribution in [3.05, 3.63) is 46.0 Å². The lowest BCUT2D eigenvalue weighted by Gasteiger charge is -2.39. The van der Waals surface area contributed by atoms with Crippen molar-refractivity contribution in [2.24, 2.45) is 0 Å². The van der Waals surface area contributed by atoms with Crippen LogP contribution in [0.3, 0.4) is 0 Å². The van der Waals surface area contributed by atoms with Crippen molar-refractivity contribution in [3.63, 3.8) is 0 Å². The highest BCUT2D eigenvalue weighted by molar-refractivity contribution is 5.99. The fraction of sp³-hybridized carbons (Fsp3) is 0.524. The summed E-state index contributed by atoms with van der Waals surface area (Å²) in [5.74, 6) is -0.992. The van der Waals surface area contributed by atoms with Crippen LogP contribution in [-0.4, -0.2) is 64.4 Å². The summed E-state index contributed by atoms with van der Waals surface area (Å²) >= 11 is 0. The van der Waals surface area contributed by atoms with Gasteiger partial charge >= 0.3 is 12.4 Å². The Morgan fingerprint density at radius 2 is 1.94 bits per heavy atom. The second kappa shape index (κ2) is 8.21. The van der Waals surface area contributed by atoms with E-state index in [1.165, 1.54) is 6.07 Å². The minimum Gasteiger partial charge on any atom is -0.374 e. The third-order valence-corrected chi connectivity index (χ3v) is 6.50. The van der Waals surface area contributed by atoms with Crippen LogP contribution in [-0.2, 0) is 17.5 Å². The number of ether oxygens (including phenoxy) is 1. The van der Waals surface area contributed by atoms with Crippen molar-refractivity contribution in [1.82, 2.24) is 14.5 Å². The molecule has 8 nitrogen and oxygen atoms in total. The smallest absolute Gasteiger partial charge is 0.374 e. The van der Waals surface area contributed by atoms with E-state index in [1.807, 2.05) is 4.90 Å². The van der Waals surface area contributed by atoms with Crippen LogP contribution >= 0.6 is 0 Å². The fourth-order valence-electron chi connectivity index (χ4n) is 4.78. The van der Waals surface area contributed by atoms with Crippen molar-refractivity contribution in [3.8, 4) is 0 Å². The number of nitrogens with zero attached hydrogens (tertiary/aromatic N) is 5. The minimum absolute atomic E-state index is 0.0478. The zero-order chi connectivity index (χ0) is 25.1. The standard InChI is InChI=1S/C21H19F6N5O3/c22-20(23,24)15-2-1-11(7-28-15)14(33)9-32-16(21(25,26)27)3-4-30-18(34)6-17(29-19(30)32)31-8-13-5-12(31)10-35-13/h1-2,6-7,12-13,16H,3-5,8-10H2/t12-,13+,16-/m0/s1. The number of aromatic nitrogens is 3. The van der Waals surface area contributed by atoms with Gasteiger partial charge in [-0.1, -0.05) is 0 Å². The van der Waals surface area contributed by atoms with E-state index in [4.69, 9.17) is 4.74 Å². The van der Waals surface area contributed by atoms with E-state index in [1.54, 1.807) is 0 Å². The monoisotopic (exact) mass is 503 g/mol. The average Bonchev–Trinajstić information content (AvgIpc) is 3.42. The molecule has 5 heterocycles. The van der Waals surface area contributed by atoms with Gasteiger partial charge in [-0.25, -0.2) is 0 Å². The zero-order valence-corrected chi connectivity index (χ0v) is 18.0. The van der Waals surface area contributed by atoms with Crippen molar-refractivity contribution in [2.45, 2.75) is 49.9 Å². The Morgan fingerprint density at radius 3 is 2.51 bits per heavy atom. The molecule has 0 unspecified atom stereocenters. The topological polar surface area (TPSA) is 80.6 Å². The number of morpholine rings is 1. The lowest BCUT2D eigenvalue weighted by molar-refractivity contribution is -0.152. The Kier molecular flexibility index (Phi) is 5.53. The largest absolute Gasteiger partial charge is 0.433 e. The molecule has 2 fully saturated rings. The molecule has 2 saturated heterocycles. The molecule has 14 heteroatoms. The Bertz CT molecular complexity index is 1200. The number of alkyl halides is 6. The molecular formula is C21H19F6N5O3. The molecule has 5 rings (SSSR count). The first-order chi connectivity index (χ1) is 16.4. The number of hydrogen-bond acceptors (Lipinski definition) is 7. The number of fused-ring (bicyclic) bond motifs is 3. The molecule has 2 aromatic heterocycles. The highest BCUT2D eigenvalue weighted by Crippen LogP contribution is 2.36. The third kappa shape index (κ3) is 4.34. The molecule has 0 aromatic carbocycles. The number of rotatable bonds is 4. The molecule has 0 spiro atoms. The molecule has 3 aliphatic heterocycles. The van der Waals surface area contributed by atoms with E-state index < -0.39 is 48.4 Å². The molecule has 0 radical (unpaired) electrons. The van der Waals surface area contributed by atoms with Crippen molar-refractivity contribution < 1.29 is 35.9 Å². The maximum atomic E-state index is 13.9. The van der Waals surface area contributed by atoms with Crippen molar-refractivity contribution >= 4 is 17.5 Å². The van der Waals surface area contributed by atoms with Gasteiger partial charge in [-0.3, -0.25) is 19.1 Å². The number of anilines is 2. The lowest BCUT2D eigenvalue weighted by atomic mass is 10.1. The summed E-state index contributed by atoms with van der Waals surface area (Å²) in [5, 5.41) is 0. The van der Waals surface area contributed by atoms with Gasteiger partial charge in [-0.15, -0.1) is 0 Å². The molecule has 3 aliphatic rings. The number of ketones is 1. The van der Waals surface area contributed by atoms with Gasteiger partial charge in [0.25, 0.3) is 5.56 Å². The molecule has 2 bridgehead atoms. The first kappa shape index (κ1) is 23.6. The third-order valence-electron chi connectivity index (χ3n) is 6.50. The van der Waals surface area contributed by atoms with Gasteiger partial charge < -0.3 is 14.5 Å². The van der Waals surface area contributed by atoms with Gasteiger partial charge in [0.05, 0.1) is 25.3 Å². The Labute approximate surface area is 194 Å². The van der Waals surface area contributed by atoms with Gasteiger partial charge in [0, 0.05) is 30.9 Å². The molecule has 0 aliphatic carbocycles. The molecule has 0 saturated carbocycles. The van der Waals surface area contributed by atoms with E-state index >= 15 is 0 Å². The van der Waals surface area contributed by atoms with E-state index in [0.29, 0.717) is 36.7 Å². The van der Waals surface area contributed by atoms with E-state index in [0.717, 1.165) is 10.6 Å². The summed E-state index contributed by atoms with van der Waals surface area (Å²) in [6, 6.07) is 0.560. The number of carbonyl (C=O) groups excluding carboxylic acids is 1. The maximum Gasteiger partial charge on any atom is 0.433 e. The van der Waals surface area contributed by atoms with Gasteiger partial charge in [0.1, 0.15) is 17.6 Å².